The van der Waals surface area contributed by atoms with Crippen LogP contribution in [0.15, 0.2) is 91.0 Å². The van der Waals surface area contributed by atoms with Gasteiger partial charge in [0.05, 0.1) is 13.2 Å². The molecule has 0 aliphatic rings. The summed E-state index contributed by atoms with van der Waals surface area (Å²) in [5.74, 6) is 0. The van der Waals surface area contributed by atoms with E-state index >= 15 is 0 Å². The van der Waals surface area contributed by atoms with Gasteiger partial charge in [0.1, 0.15) is 0 Å². The van der Waals surface area contributed by atoms with Gasteiger partial charge < -0.3 is 0 Å². The topological polar surface area (TPSA) is 38.8 Å². The minimum Gasteiger partial charge on any atom is -0.292 e. The van der Waals surface area contributed by atoms with E-state index in [1.165, 1.54) is 0 Å². The van der Waals surface area contributed by atoms with Crippen LogP contribution in [0.3, 0.4) is 0 Å². The van der Waals surface area contributed by atoms with Crippen molar-refractivity contribution in [3.63, 3.8) is 0 Å². The summed E-state index contributed by atoms with van der Waals surface area (Å²) < 4.78 is 27.4. The molecular weight excluding hydrogens is 369 g/mol. The van der Waals surface area contributed by atoms with Gasteiger partial charge in [-0.1, -0.05) is 97.9 Å². The van der Waals surface area contributed by atoms with Gasteiger partial charge in [0, 0.05) is 13.1 Å². The average Bonchev–Trinajstić information content (AvgIpc) is 2.77. The van der Waals surface area contributed by atoms with Crippen molar-refractivity contribution in [3.8, 4) is 0 Å². The molecule has 0 saturated heterocycles. The average molecular weight is 395 g/mol. The lowest BCUT2D eigenvalue weighted by molar-refractivity contribution is 0.143. The molecule has 0 heterocycles. The summed E-state index contributed by atoms with van der Waals surface area (Å²) in [6.45, 7) is 3.48. The zero-order chi connectivity index (χ0) is 19.7. The Kier molecular flexibility index (Phi) is 7.58. The Morgan fingerprint density at radius 3 is 1.46 bits per heavy atom. The molecule has 3 rings (SSSR count). The van der Waals surface area contributed by atoms with E-state index in [-0.39, 0.29) is 13.2 Å². The maximum atomic E-state index is 13.8. The first kappa shape index (κ1) is 20.5. The standard InChI is InChI=1S/C23H26NO3P/c1-2-24(18-21-12-6-3-7-13-21)28(25,26-19-22-14-8-4-9-15-22)27-20-23-16-10-5-11-17-23/h3-17H,2,18-20H2,1H3. The molecular formula is C23H26NO3P. The van der Waals surface area contributed by atoms with Crippen molar-refractivity contribution in [1.82, 2.24) is 4.67 Å². The molecule has 0 aliphatic carbocycles. The molecule has 0 aromatic heterocycles. The van der Waals surface area contributed by atoms with Crippen molar-refractivity contribution in [3.05, 3.63) is 108 Å². The molecule has 0 N–H and O–H groups in total. The van der Waals surface area contributed by atoms with Crippen molar-refractivity contribution in [2.45, 2.75) is 26.7 Å². The fourth-order valence-electron chi connectivity index (χ4n) is 2.83. The smallest absolute Gasteiger partial charge is 0.292 e. The van der Waals surface area contributed by atoms with Gasteiger partial charge in [-0.2, -0.15) is 0 Å². The van der Waals surface area contributed by atoms with Gasteiger partial charge in [-0.15, -0.1) is 0 Å². The van der Waals surface area contributed by atoms with Crippen molar-refractivity contribution in [2.75, 3.05) is 6.54 Å². The zero-order valence-corrected chi connectivity index (χ0v) is 17.0. The zero-order valence-electron chi connectivity index (χ0n) is 16.1. The summed E-state index contributed by atoms with van der Waals surface area (Å²) in [6, 6.07) is 29.4. The van der Waals surface area contributed by atoms with Crippen LogP contribution >= 0.6 is 7.75 Å². The van der Waals surface area contributed by atoms with Crippen LogP contribution in [-0.4, -0.2) is 11.2 Å². The molecule has 146 valence electrons. The Labute approximate surface area is 167 Å². The lowest BCUT2D eigenvalue weighted by Crippen LogP contribution is -2.22. The van der Waals surface area contributed by atoms with Crippen LogP contribution in [0.2, 0.25) is 0 Å². The third kappa shape index (κ3) is 5.88. The van der Waals surface area contributed by atoms with Crippen molar-refractivity contribution in [1.29, 1.82) is 0 Å². The fourth-order valence-corrected chi connectivity index (χ4v) is 4.54. The van der Waals surface area contributed by atoms with Crippen LogP contribution in [0.5, 0.6) is 0 Å². The van der Waals surface area contributed by atoms with Gasteiger partial charge in [0.2, 0.25) is 0 Å². The van der Waals surface area contributed by atoms with E-state index in [0.717, 1.165) is 16.7 Å². The summed E-state index contributed by atoms with van der Waals surface area (Å²) in [5.41, 5.74) is 2.99. The number of nitrogens with zero attached hydrogens (tertiary/aromatic N) is 1. The maximum Gasteiger partial charge on any atom is 0.409 e. The maximum absolute atomic E-state index is 13.8. The van der Waals surface area contributed by atoms with Crippen molar-refractivity contribution in [2.24, 2.45) is 0 Å². The first-order valence-corrected chi connectivity index (χ1v) is 11.0. The molecule has 4 nitrogen and oxygen atoms in total. The highest BCUT2D eigenvalue weighted by atomic mass is 31.2. The predicted molar refractivity (Wildman–Crippen MR) is 113 cm³/mol. The second kappa shape index (κ2) is 10.4. The van der Waals surface area contributed by atoms with Crippen LogP contribution in [0.4, 0.5) is 0 Å². The highest BCUT2D eigenvalue weighted by Gasteiger charge is 2.33. The van der Waals surface area contributed by atoms with Crippen LogP contribution < -0.4 is 0 Å². The van der Waals surface area contributed by atoms with Gasteiger partial charge >= 0.3 is 7.75 Å². The van der Waals surface area contributed by atoms with Crippen LogP contribution in [-0.2, 0) is 33.4 Å². The van der Waals surface area contributed by atoms with Gasteiger partial charge in [-0.3, -0.25) is 9.05 Å². The lowest BCUT2D eigenvalue weighted by atomic mass is 10.2. The highest BCUT2D eigenvalue weighted by molar-refractivity contribution is 7.51. The molecule has 0 atom stereocenters. The van der Waals surface area contributed by atoms with E-state index in [1.807, 2.05) is 97.9 Å². The van der Waals surface area contributed by atoms with Gasteiger partial charge in [0.25, 0.3) is 0 Å². The molecule has 0 spiro atoms. The molecule has 0 radical (unpaired) electrons. The molecule has 0 fully saturated rings. The largest absolute Gasteiger partial charge is 0.409 e. The Morgan fingerprint density at radius 2 is 1.07 bits per heavy atom. The fraction of sp³-hybridized carbons (Fsp3) is 0.217. The number of hydrogen-bond acceptors (Lipinski definition) is 3. The van der Waals surface area contributed by atoms with E-state index in [4.69, 9.17) is 9.05 Å². The molecule has 0 amide bonds. The number of hydrogen-bond donors (Lipinski definition) is 0. The van der Waals surface area contributed by atoms with Crippen molar-refractivity contribution >= 4 is 7.75 Å². The number of benzene rings is 3. The van der Waals surface area contributed by atoms with E-state index < -0.39 is 7.75 Å². The van der Waals surface area contributed by atoms with Gasteiger partial charge in [-0.25, -0.2) is 9.24 Å². The Hall–Kier alpha value is -2.23. The molecule has 5 heteroatoms. The van der Waals surface area contributed by atoms with Crippen LogP contribution in [0, 0.1) is 0 Å². The third-order valence-corrected chi connectivity index (χ3v) is 6.42. The van der Waals surface area contributed by atoms with E-state index in [1.54, 1.807) is 4.67 Å². The van der Waals surface area contributed by atoms with E-state index in [0.29, 0.717) is 13.1 Å². The SMILES string of the molecule is CCN(Cc1ccccc1)P(=O)(OCc1ccccc1)OCc1ccccc1. The molecule has 0 saturated carbocycles. The second-order valence-corrected chi connectivity index (χ2v) is 8.47. The molecule has 28 heavy (non-hydrogen) atoms. The highest BCUT2D eigenvalue weighted by Crippen LogP contribution is 2.54. The second-order valence-electron chi connectivity index (χ2n) is 6.45. The van der Waals surface area contributed by atoms with Crippen LogP contribution in [0.1, 0.15) is 23.6 Å². The monoisotopic (exact) mass is 395 g/mol. The van der Waals surface area contributed by atoms with Gasteiger partial charge in [-0.05, 0) is 16.7 Å². The number of rotatable bonds is 10. The summed E-state index contributed by atoms with van der Waals surface area (Å²) in [4.78, 5) is 0. The quantitative estimate of drug-likeness (QED) is 0.392. The summed E-state index contributed by atoms with van der Waals surface area (Å²) in [7, 11) is -3.49. The molecule has 0 unspecified atom stereocenters. The van der Waals surface area contributed by atoms with E-state index in [2.05, 4.69) is 0 Å². The molecule has 0 bridgehead atoms. The molecule has 3 aromatic carbocycles. The first-order valence-electron chi connectivity index (χ1n) is 9.46. The van der Waals surface area contributed by atoms with Crippen LogP contribution in [0.25, 0.3) is 0 Å². The lowest BCUT2D eigenvalue weighted by Gasteiger charge is -2.29. The Bertz CT molecular complexity index is 825. The van der Waals surface area contributed by atoms with E-state index in [9.17, 15) is 4.57 Å². The molecule has 3 aromatic rings. The normalized spacial score (nSPS) is 11.6. The molecule has 0 aliphatic heterocycles. The Morgan fingerprint density at radius 1 is 0.679 bits per heavy atom. The van der Waals surface area contributed by atoms with Gasteiger partial charge in [0.15, 0.2) is 0 Å². The first-order chi connectivity index (χ1) is 13.7. The summed E-state index contributed by atoms with van der Waals surface area (Å²) in [6.07, 6.45) is 0. The minimum atomic E-state index is -3.49. The predicted octanol–water partition coefficient (Wildman–Crippen LogP) is 6.05. The minimum absolute atomic E-state index is 0.234. The summed E-state index contributed by atoms with van der Waals surface area (Å²) in [5, 5.41) is 0. The third-order valence-electron chi connectivity index (χ3n) is 4.39. The summed E-state index contributed by atoms with van der Waals surface area (Å²) >= 11 is 0. The Balaban J connectivity index is 1.77. The van der Waals surface area contributed by atoms with Crippen molar-refractivity contribution < 1.29 is 13.6 Å².